The Labute approximate surface area is 145 Å². The van der Waals surface area contributed by atoms with E-state index in [-0.39, 0.29) is 26.0 Å². The fraction of sp³-hybridized carbons (Fsp3) is 0.444. The monoisotopic (exact) mass is 348 g/mol. The van der Waals surface area contributed by atoms with E-state index in [1.54, 1.807) is 0 Å². The fourth-order valence-electron chi connectivity index (χ4n) is 2.27. The highest BCUT2D eigenvalue weighted by Gasteiger charge is 2.08. The van der Waals surface area contributed by atoms with Crippen molar-refractivity contribution in [2.24, 2.45) is 0 Å². The molecule has 1 unspecified atom stereocenters. The number of nitrogens with zero attached hydrogens (tertiary/aromatic N) is 1. The first-order valence-corrected chi connectivity index (χ1v) is 8.30. The minimum Gasteiger partial charge on any atom is -0.491 e. The molecule has 1 atom stereocenters. The molecule has 0 aliphatic carbocycles. The Balaban J connectivity index is 2.19. The molecule has 7 heteroatoms. The molecule has 0 saturated heterocycles. The molecule has 0 fully saturated rings. The topological polar surface area (TPSA) is 93.6 Å². The standard InChI is InChI=1S/C18H24N2O5/c1-3-13(2)25-16-6-4-5-14(10-16)9-15-11-20(12-24-8-7-21)18(23)19-17(15)22/h4-6,10-11,13,21H,3,7-9,12H2,1-2H3,(H,19,22,23). The molecule has 0 bridgehead atoms. The maximum absolute atomic E-state index is 12.1. The molecule has 7 nitrogen and oxygen atoms in total. The molecule has 0 aliphatic heterocycles. The van der Waals surface area contributed by atoms with Crippen molar-refractivity contribution in [3.05, 3.63) is 62.4 Å². The van der Waals surface area contributed by atoms with Gasteiger partial charge < -0.3 is 14.6 Å². The van der Waals surface area contributed by atoms with Crippen LogP contribution in [0.15, 0.2) is 40.1 Å². The van der Waals surface area contributed by atoms with Crippen molar-refractivity contribution in [2.75, 3.05) is 13.2 Å². The Morgan fingerprint density at radius 1 is 1.32 bits per heavy atom. The zero-order chi connectivity index (χ0) is 18.2. The molecule has 2 N–H and O–H groups in total. The lowest BCUT2D eigenvalue weighted by molar-refractivity contribution is 0.0455. The van der Waals surface area contributed by atoms with Crippen LogP contribution in [0.3, 0.4) is 0 Å². The molecule has 0 aliphatic rings. The van der Waals surface area contributed by atoms with Crippen LogP contribution in [0.2, 0.25) is 0 Å². The molecular weight excluding hydrogens is 324 g/mol. The summed E-state index contributed by atoms with van der Waals surface area (Å²) < 4.78 is 12.2. The highest BCUT2D eigenvalue weighted by atomic mass is 16.5. The number of nitrogens with one attached hydrogen (secondary N) is 1. The van der Waals surface area contributed by atoms with Gasteiger partial charge >= 0.3 is 5.69 Å². The third-order valence-electron chi connectivity index (χ3n) is 3.76. The number of aliphatic hydroxyl groups is 1. The summed E-state index contributed by atoms with van der Waals surface area (Å²) in [5, 5.41) is 8.73. The summed E-state index contributed by atoms with van der Waals surface area (Å²) in [6, 6.07) is 7.55. The second-order valence-corrected chi connectivity index (χ2v) is 5.81. The molecule has 136 valence electrons. The van der Waals surface area contributed by atoms with E-state index < -0.39 is 11.2 Å². The van der Waals surface area contributed by atoms with Gasteiger partial charge in [0, 0.05) is 18.2 Å². The van der Waals surface area contributed by atoms with Gasteiger partial charge in [-0.05, 0) is 31.0 Å². The van der Waals surface area contributed by atoms with Gasteiger partial charge in [-0.1, -0.05) is 19.1 Å². The molecule has 0 amide bonds. The molecule has 1 heterocycles. The van der Waals surface area contributed by atoms with Crippen LogP contribution in [0.4, 0.5) is 0 Å². The normalized spacial score (nSPS) is 12.1. The molecule has 0 saturated carbocycles. The number of hydrogen-bond acceptors (Lipinski definition) is 5. The van der Waals surface area contributed by atoms with Crippen LogP contribution in [0.25, 0.3) is 0 Å². The summed E-state index contributed by atoms with van der Waals surface area (Å²) >= 11 is 0. The van der Waals surface area contributed by atoms with E-state index in [2.05, 4.69) is 11.9 Å². The van der Waals surface area contributed by atoms with Gasteiger partial charge in [-0.15, -0.1) is 0 Å². The predicted molar refractivity (Wildman–Crippen MR) is 94.0 cm³/mol. The SMILES string of the molecule is CCC(C)Oc1cccc(Cc2cn(COCCO)c(=O)[nH]c2=O)c1. The van der Waals surface area contributed by atoms with E-state index in [9.17, 15) is 9.59 Å². The summed E-state index contributed by atoms with van der Waals surface area (Å²) in [5.41, 5.74) is 0.401. The van der Waals surface area contributed by atoms with Crippen molar-refractivity contribution >= 4 is 0 Å². The third-order valence-corrected chi connectivity index (χ3v) is 3.76. The summed E-state index contributed by atoms with van der Waals surface area (Å²) in [7, 11) is 0. The predicted octanol–water partition coefficient (Wildman–Crippen LogP) is 1.27. The first-order chi connectivity index (χ1) is 12.0. The molecule has 2 aromatic rings. The van der Waals surface area contributed by atoms with Crippen molar-refractivity contribution in [3.63, 3.8) is 0 Å². The highest BCUT2D eigenvalue weighted by molar-refractivity contribution is 5.31. The van der Waals surface area contributed by atoms with Crippen LogP contribution < -0.4 is 16.0 Å². The Bertz CT molecular complexity index is 797. The van der Waals surface area contributed by atoms with Crippen LogP contribution >= 0.6 is 0 Å². The molecular formula is C18H24N2O5. The van der Waals surface area contributed by atoms with Gasteiger partial charge in [0.1, 0.15) is 12.5 Å². The smallest absolute Gasteiger partial charge is 0.330 e. The number of aromatic amines is 1. The van der Waals surface area contributed by atoms with Gasteiger partial charge in [-0.2, -0.15) is 0 Å². The summed E-state index contributed by atoms with van der Waals surface area (Å²) in [6.07, 6.45) is 2.88. The Morgan fingerprint density at radius 3 is 2.84 bits per heavy atom. The van der Waals surface area contributed by atoms with E-state index in [1.807, 2.05) is 31.2 Å². The molecule has 0 spiro atoms. The van der Waals surface area contributed by atoms with Gasteiger partial charge in [0.25, 0.3) is 5.56 Å². The van der Waals surface area contributed by atoms with Crippen LogP contribution in [-0.2, 0) is 17.9 Å². The van der Waals surface area contributed by atoms with Gasteiger partial charge in [-0.3, -0.25) is 14.3 Å². The molecule has 1 aromatic heterocycles. The van der Waals surface area contributed by atoms with E-state index >= 15 is 0 Å². The van der Waals surface area contributed by atoms with Crippen molar-refractivity contribution in [1.29, 1.82) is 0 Å². The van der Waals surface area contributed by atoms with Gasteiger partial charge in [0.2, 0.25) is 0 Å². The summed E-state index contributed by atoms with van der Waals surface area (Å²) in [4.78, 5) is 26.1. The lowest BCUT2D eigenvalue weighted by Crippen LogP contribution is -2.32. The van der Waals surface area contributed by atoms with Crippen molar-refractivity contribution in [3.8, 4) is 5.75 Å². The minimum absolute atomic E-state index is 0.0274. The van der Waals surface area contributed by atoms with Gasteiger partial charge in [-0.25, -0.2) is 4.79 Å². The zero-order valence-electron chi connectivity index (χ0n) is 14.5. The highest BCUT2D eigenvalue weighted by Crippen LogP contribution is 2.17. The fourth-order valence-corrected chi connectivity index (χ4v) is 2.27. The van der Waals surface area contributed by atoms with E-state index in [1.165, 1.54) is 10.8 Å². The van der Waals surface area contributed by atoms with Crippen molar-refractivity contribution < 1.29 is 14.6 Å². The zero-order valence-corrected chi connectivity index (χ0v) is 14.5. The lowest BCUT2D eigenvalue weighted by atomic mass is 10.1. The molecule has 0 radical (unpaired) electrons. The Kier molecular flexibility index (Phi) is 6.97. The minimum atomic E-state index is -0.541. The van der Waals surface area contributed by atoms with Gasteiger partial charge in [0.15, 0.2) is 0 Å². The molecule has 25 heavy (non-hydrogen) atoms. The summed E-state index contributed by atoms with van der Waals surface area (Å²) in [5.74, 6) is 0.753. The molecule has 2 rings (SSSR count). The number of benzene rings is 1. The van der Waals surface area contributed by atoms with Crippen LogP contribution in [-0.4, -0.2) is 34.0 Å². The first kappa shape index (κ1) is 19.0. The average Bonchev–Trinajstić information content (AvgIpc) is 2.59. The second-order valence-electron chi connectivity index (χ2n) is 5.81. The van der Waals surface area contributed by atoms with Crippen molar-refractivity contribution in [2.45, 2.75) is 39.5 Å². The average molecular weight is 348 g/mol. The Hall–Kier alpha value is -2.38. The van der Waals surface area contributed by atoms with Crippen LogP contribution in [0, 0.1) is 0 Å². The number of hydrogen-bond donors (Lipinski definition) is 2. The lowest BCUT2D eigenvalue weighted by Gasteiger charge is -2.13. The van der Waals surface area contributed by atoms with Crippen LogP contribution in [0.1, 0.15) is 31.4 Å². The molecule has 1 aromatic carbocycles. The third kappa shape index (κ3) is 5.58. The van der Waals surface area contributed by atoms with Crippen molar-refractivity contribution in [1.82, 2.24) is 9.55 Å². The number of aromatic nitrogens is 2. The maximum Gasteiger partial charge on any atom is 0.330 e. The Morgan fingerprint density at radius 2 is 2.12 bits per heavy atom. The maximum atomic E-state index is 12.1. The largest absolute Gasteiger partial charge is 0.491 e. The van der Waals surface area contributed by atoms with Gasteiger partial charge in [0.05, 0.1) is 19.3 Å². The van der Waals surface area contributed by atoms with E-state index in [4.69, 9.17) is 14.6 Å². The number of rotatable bonds is 9. The van der Waals surface area contributed by atoms with E-state index in [0.717, 1.165) is 17.7 Å². The number of H-pyrrole nitrogens is 1. The number of aliphatic hydroxyl groups excluding tert-OH is 1. The quantitative estimate of drug-likeness (QED) is 0.666. The summed E-state index contributed by atoms with van der Waals surface area (Å²) in [6.45, 7) is 4.01. The second kappa shape index (κ2) is 9.19. The van der Waals surface area contributed by atoms with E-state index in [0.29, 0.717) is 12.0 Å². The van der Waals surface area contributed by atoms with Crippen LogP contribution in [0.5, 0.6) is 5.75 Å². The number of ether oxygens (including phenoxy) is 2. The first-order valence-electron chi connectivity index (χ1n) is 8.30.